The van der Waals surface area contributed by atoms with Crippen molar-refractivity contribution in [2.75, 3.05) is 33.3 Å². The van der Waals surface area contributed by atoms with Crippen molar-refractivity contribution < 1.29 is 14.3 Å². The fourth-order valence-electron chi connectivity index (χ4n) is 2.86. The van der Waals surface area contributed by atoms with Crippen molar-refractivity contribution in [1.82, 2.24) is 9.80 Å². The van der Waals surface area contributed by atoms with E-state index >= 15 is 0 Å². The Morgan fingerprint density at radius 2 is 1.78 bits per heavy atom. The molecule has 1 heterocycles. The van der Waals surface area contributed by atoms with E-state index in [0.717, 1.165) is 12.0 Å². The maximum atomic E-state index is 12.8. The van der Waals surface area contributed by atoms with E-state index in [4.69, 9.17) is 16.3 Å². The summed E-state index contributed by atoms with van der Waals surface area (Å²) in [6.45, 7) is 6.07. The Morgan fingerprint density at radius 1 is 1.17 bits per heavy atom. The largest absolute Gasteiger partial charge is 0.496 e. The molecular formula is C17H23ClN2O3. The van der Waals surface area contributed by atoms with Crippen molar-refractivity contribution in [2.45, 2.75) is 26.7 Å². The molecule has 1 saturated heterocycles. The van der Waals surface area contributed by atoms with E-state index in [2.05, 4.69) is 0 Å². The summed E-state index contributed by atoms with van der Waals surface area (Å²) in [7, 11) is 1.55. The maximum absolute atomic E-state index is 12.8. The van der Waals surface area contributed by atoms with Gasteiger partial charge in [0.1, 0.15) is 5.75 Å². The Balaban J connectivity index is 2.10. The van der Waals surface area contributed by atoms with Crippen LogP contribution in [0.1, 0.15) is 35.7 Å². The van der Waals surface area contributed by atoms with E-state index in [1.165, 1.54) is 0 Å². The Morgan fingerprint density at radius 3 is 2.35 bits per heavy atom. The summed E-state index contributed by atoms with van der Waals surface area (Å²) >= 11 is 6.08. The first kappa shape index (κ1) is 17.6. The third-order valence-electron chi connectivity index (χ3n) is 4.06. The monoisotopic (exact) mass is 338 g/mol. The first-order valence-corrected chi connectivity index (χ1v) is 8.27. The van der Waals surface area contributed by atoms with Gasteiger partial charge in [0.15, 0.2) is 0 Å². The van der Waals surface area contributed by atoms with Crippen molar-refractivity contribution in [2.24, 2.45) is 0 Å². The summed E-state index contributed by atoms with van der Waals surface area (Å²) < 4.78 is 5.36. The highest BCUT2D eigenvalue weighted by Crippen LogP contribution is 2.29. The fraction of sp³-hybridized carbons (Fsp3) is 0.529. The number of hydrogen-bond acceptors (Lipinski definition) is 3. The second kappa shape index (κ2) is 7.68. The second-order valence-electron chi connectivity index (χ2n) is 5.73. The number of carbonyl (C=O) groups is 2. The molecule has 0 aromatic heterocycles. The number of amides is 2. The van der Waals surface area contributed by atoms with Crippen LogP contribution in [0.4, 0.5) is 0 Å². The molecule has 5 nitrogen and oxygen atoms in total. The topological polar surface area (TPSA) is 49.9 Å². The molecule has 1 aromatic rings. The van der Waals surface area contributed by atoms with Gasteiger partial charge in [0.25, 0.3) is 5.91 Å². The van der Waals surface area contributed by atoms with Gasteiger partial charge in [-0.05, 0) is 31.0 Å². The van der Waals surface area contributed by atoms with Crippen LogP contribution in [0.15, 0.2) is 12.1 Å². The van der Waals surface area contributed by atoms with Crippen LogP contribution >= 0.6 is 11.6 Å². The Kier molecular flexibility index (Phi) is 5.88. The summed E-state index contributed by atoms with van der Waals surface area (Å²) in [5, 5.41) is 0.517. The van der Waals surface area contributed by atoms with Crippen LogP contribution in [-0.2, 0) is 4.79 Å². The molecule has 1 aliphatic heterocycles. The number of hydrogen-bond donors (Lipinski definition) is 0. The molecule has 0 aliphatic carbocycles. The van der Waals surface area contributed by atoms with E-state index < -0.39 is 0 Å². The summed E-state index contributed by atoms with van der Waals surface area (Å²) in [5.41, 5.74) is 1.31. The Bertz CT molecular complexity index is 596. The average molecular weight is 339 g/mol. The van der Waals surface area contributed by atoms with Crippen LogP contribution in [0.25, 0.3) is 0 Å². The minimum atomic E-state index is -0.102. The van der Waals surface area contributed by atoms with E-state index in [-0.39, 0.29) is 11.8 Å². The summed E-state index contributed by atoms with van der Waals surface area (Å²) in [6.07, 6.45) is 1.41. The molecule has 23 heavy (non-hydrogen) atoms. The van der Waals surface area contributed by atoms with Gasteiger partial charge in [0.05, 0.1) is 12.7 Å². The standard InChI is InChI=1S/C17H23ClN2O3/c1-4-5-15(21)19-6-8-20(9-7-19)17(22)14-11-13(18)10-12(2)16(14)23-3/h10-11H,4-9H2,1-3H3. The lowest BCUT2D eigenvalue weighted by Gasteiger charge is -2.35. The van der Waals surface area contributed by atoms with Crippen LogP contribution in [-0.4, -0.2) is 54.9 Å². The van der Waals surface area contributed by atoms with Crippen molar-refractivity contribution in [3.8, 4) is 5.75 Å². The van der Waals surface area contributed by atoms with Gasteiger partial charge in [-0.1, -0.05) is 18.5 Å². The molecule has 0 saturated carbocycles. The number of aryl methyl sites for hydroxylation is 1. The zero-order valence-corrected chi connectivity index (χ0v) is 14.7. The molecule has 0 unspecified atom stereocenters. The van der Waals surface area contributed by atoms with Gasteiger partial charge < -0.3 is 14.5 Å². The number of benzene rings is 1. The highest BCUT2D eigenvalue weighted by molar-refractivity contribution is 6.31. The minimum absolute atomic E-state index is 0.102. The van der Waals surface area contributed by atoms with Gasteiger partial charge in [-0.25, -0.2) is 0 Å². The number of piperazine rings is 1. The van der Waals surface area contributed by atoms with Gasteiger partial charge in [0, 0.05) is 37.6 Å². The lowest BCUT2D eigenvalue weighted by Crippen LogP contribution is -2.50. The Hall–Kier alpha value is -1.75. The molecule has 6 heteroatoms. The van der Waals surface area contributed by atoms with Crippen LogP contribution in [0, 0.1) is 6.92 Å². The van der Waals surface area contributed by atoms with E-state index in [0.29, 0.717) is 48.9 Å². The van der Waals surface area contributed by atoms with Crippen LogP contribution in [0.5, 0.6) is 5.75 Å². The summed E-state index contributed by atoms with van der Waals surface area (Å²) in [6, 6.07) is 3.42. The normalized spacial score (nSPS) is 14.8. The molecule has 126 valence electrons. The van der Waals surface area contributed by atoms with E-state index in [1.807, 2.05) is 18.7 Å². The summed E-state index contributed by atoms with van der Waals surface area (Å²) in [4.78, 5) is 28.3. The van der Waals surface area contributed by atoms with Crippen LogP contribution in [0.2, 0.25) is 5.02 Å². The number of methoxy groups -OCH3 is 1. The predicted molar refractivity (Wildman–Crippen MR) is 90.1 cm³/mol. The van der Waals surface area contributed by atoms with Crippen molar-refractivity contribution in [3.63, 3.8) is 0 Å². The van der Waals surface area contributed by atoms with Crippen molar-refractivity contribution in [1.29, 1.82) is 0 Å². The zero-order valence-electron chi connectivity index (χ0n) is 13.9. The third kappa shape index (κ3) is 3.96. The highest BCUT2D eigenvalue weighted by Gasteiger charge is 2.26. The first-order valence-electron chi connectivity index (χ1n) is 7.89. The molecular weight excluding hydrogens is 316 g/mol. The minimum Gasteiger partial charge on any atom is -0.496 e. The smallest absolute Gasteiger partial charge is 0.257 e. The van der Waals surface area contributed by atoms with Crippen molar-refractivity contribution in [3.05, 3.63) is 28.3 Å². The number of nitrogens with zero attached hydrogens (tertiary/aromatic N) is 2. The number of rotatable bonds is 4. The molecule has 1 aliphatic rings. The predicted octanol–water partition coefficient (Wildman–Crippen LogP) is 2.74. The number of halogens is 1. The maximum Gasteiger partial charge on any atom is 0.257 e. The number of carbonyl (C=O) groups excluding carboxylic acids is 2. The van der Waals surface area contributed by atoms with Crippen LogP contribution < -0.4 is 4.74 Å². The van der Waals surface area contributed by atoms with Crippen LogP contribution in [0.3, 0.4) is 0 Å². The zero-order chi connectivity index (χ0) is 17.0. The quantitative estimate of drug-likeness (QED) is 0.848. The van der Waals surface area contributed by atoms with Gasteiger partial charge >= 0.3 is 0 Å². The highest BCUT2D eigenvalue weighted by atomic mass is 35.5. The first-order chi connectivity index (χ1) is 11.0. The average Bonchev–Trinajstić information content (AvgIpc) is 2.54. The number of ether oxygens (including phenoxy) is 1. The third-order valence-corrected chi connectivity index (χ3v) is 4.28. The lowest BCUT2D eigenvalue weighted by molar-refractivity contribution is -0.132. The van der Waals surface area contributed by atoms with Gasteiger partial charge in [-0.2, -0.15) is 0 Å². The Labute approximate surface area is 142 Å². The SMILES string of the molecule is CCCC(=O)N1CCN(C(=O)c2cc(Cl)cc(C)c2OC)CC1. The molecule has 1 fully saturated rings. The second-order valence-corrected chi connectivity index (χ2v) is 6.16. The van der Waals surface area contributed by atoms with E-state index in [1.54, 1.807) is 24.1 Å². The van der Waals surface area contributed by atoms with E-state index in [9.17, 15) is 9.59 Å². The molecule has 2 amide bonds. The van der Waals surface area contributed by atoms with Gasteiger partial charge in [0.2, 0.25) is 5.91 Å². The van der Waals surface area contributed by atoms with Gasteiger partial charge in [-0.15, -0.1) is 0 Å². The molecule has 2 rings (SSSR count). The molecule has 0 N–H and O–H groups in total. The summed E-state index contributed by atoms with van der Waals surface area (Å²) in [5.74, 6) is 0.620. The molecule has 0 atom stereocenters. The van der Waals surface area contributed by atoms with Gasteiger partial charge in [-0.3, -0.25) is 9.59 Å². The molecule has 0 radical (unpaired) electrons. The molecule has 0 bridgehead atoms. The van der Waals surface area contributed by atoms with Crippen molar-refractivity contribution >= 4 is 23.4 Å². The molecule has 0 spiro atoms. The fourth-order valence-corrected chi connectivity index (χ4v) is 3.13. The molecule has 1 aromatic carbocycles. The lowest BCUT2D eigenvalue weighted by atomic mass is 10.1.